The van der Waals surface area contributed by atoms with E-state index in [0.29, 0.717) is 47.5 Å². The van der Waals surface area contributed by atoms with Crippen LogP contribution in [0.25, 0.3) is 10.9 Å². The summed E-state index contributed by atoms with van der Waals surface area (Å²) in [4.78, 5) is 60.8. The lowest BCUT2D eigenvalue weighted by Gasteiger charge is -2.35. The number of hydrogen-bond donors (Lipinski definition) is 3. The molecule has 2 aliphatic carbocycles. The third-order valence-corrected chi connectivity index (χ3v) is 10.5. The number of carbonyl (C=O) groups excluding carboxylic acids is 4. The zero-order chi connectivity index (χ0) is 38.2. The number of nitrogens with one attached hydrogen (secondary N) is 3. The van der Waals surface area contributed by atoms with Crippen molar-refractivity contribution >= 4 is 56.6 Å². The summed E-state index contributed by atoms with van der Waals surface area (Å²) >= 11 is 6.48. The van der Waals surface area contributed by atoms with Gasteiger partial charge in [-0.25, -0.2) is 14.5 Å². The van der Waals surface area contributed by atoms with Crippen molar-refractivity contribution in [3.63, 3.8) is 0 Å². The van der Waals surface area contributed by atoms with Crippen LogP contribution in [-0.2, 0) is 33.6 Å². The van der Waals surface area contributed by atoms with Crippen molar-refractivity contribution in [3.05, 3.63) is 29.3 Å². The topological polar surface area (TPSA) is 192 Å². The van der Waals surface area contributed by atoms with Crippen LogP contribution in [0.3, 0.4) is 0 Å². The number of ether oxygens (including phenoxy) is 3. The van der Waals surface area contributed by atoms with Crippen LogP contribution in [0.4, 0.5) is 4.79 Å². The summed E-state index contributed by atoms with van der Waals surface area (Å²) in [5, 5.41) is 6.43. The Hall–Kier alpha value is -3.89. The van der Waals surface area contributed by atoms with Crippen LogP contribution in [0.1, 0.15) is 80.6 Å². The van der Waals surface area contributed by atoms with Gasteiger partial charge in [-0.1, -0.05) is 51.8 Å². The van der Waals surface area contributed by atoms with E-state index in [1.807, 2.05) is 18.6 Å². The first kappa shape index (κ1) is 39.3. The molecule has 1 aromatic heterocycles. The highest BCUT2D eigenvalue weighted by molar-refractivity contribution is 7.85. The normalized spacial score (nSPS) is 23.6. The van der Waals surface area contributed by atoms with Crippen LogP contribution in [0, 0.1) is 11.3 Å². The van der Waals surface area contributed by atoms with Gasteiger partial charge in [0.25, 0.3) is 5.91 Å². The number of pyridine rings is 1. The van der Waals surface area contributed by atoms with Gasteiger partial charge < -0.3 is 29.7 Å². The maximum absolute atomic E-state index is 14.5. The van der Waals surface area contributed by atoms with E-state index in [-0.39, 0.29) is 31.2 Å². The van der Waals surface area contributed by atoms with E-state index >= 15 is 0 Å². The molecule has 3 fully saturated rings. The van der Waals surface area contributed by atoms with Gasteiger partial charge in [0, 0.05) is 17.9 Å². The van der Waals surface area contributed by atoms with Gasteiger partial charge >= 0.3 is 16.4 Å². The molecule has 1 aliphatic heterocycles. The van der Waals surface area contributed by atoms with Gasteiger partial charge in [0.2, 0.25) is 17.7 Å². The number of fused-ring (bicyclic) bond motifs is 1. The number of halogens is 1. The largest absolute Gasteiger partial charge is 0.488 e. The molecule has 5 rings (SSSR count). The highest BCUT2D eigenvalue weighted by atomic mass is 35.5. The molecule has 2 heterocycles. The first-order valence-electron chi connectivity index (χ1n) is 17.6. The maximum Gasteiger partial charge on any atom is 0.408 e. The van der Waals surface area contributed by atoms with E-state index in [2.05, 4.69) is 15.6 Å². The Balaban J connectivity index is 1.46. The number of para-hydroxylation sites is 1. The molecule has 0 radical (unpaired) electrons. The molecular formula is C35H48ClN5O10S. The number of aromatic nitrogens is 1. The van der Waals surface area contributed by atoms with Crippen molar-refractivity contribution in [1.29, 1.82) is 0 Å². The highest BCUT2D eigenvalue weighted by Gasteiger charge is 2.62. The fourth-order valence-corrected chi connectivity index (χ4v) is 7.62. The Bertz CT molecular complexity index is 1810. The lowest BCUT2D eigenvalue weighted by molar-refractivity contribution is -0.143. The number of likely N-dealkylation sites (tertiary alicyclic amines) is 1. The summed E-state index contributed by atoms with van der Waals surface area (Å²) in [6.45, 7) is 12.6. The lowest BCUT2D eigenvalue weighted by Crippen LogP contribution is -2.60. The predicted octanol–water partition coefficient (Wildman–Crippen LogP) is 4.01. The van der Waals surface area contributed by atoms with E-state index < -0.39 is 75.5 Å². The number of nitrogens with zero attached hydrogens (tertiary/aromatic N) is 2. The van der Waals surface area contributed by atoms with Crippen LogP contribution in [0.5, 0.6) is 11.6 Å². The molecule has 0 bridgehead atoms. The van der Waals surface area contributed by atoms with Crippen LogP contribution < -0.4 is 24.8 Å². The molecule has 1 aromatic carbocycles. The molecule has 2 aromatic rings. The molecule has 3 N–H and O–H groups in total. The molecule has 0 spiro atoms. The number of amides is 4. The fraction of sp³-hybridized carbons (Fsp3) is 0.629. The Labute approximate surface area is 309 Å². The molecule has 52 heavy (non-hydrogen) atoms. The van der Waals surface area contributed by atoms with Gasteiger partial charge in [-0.15, -0.1) is 0 Å². The predicted molar refractivity (Wildman–Crippen MR) is 191 cm³/mol. The molecule has 5 atom stereocenters. The Kier molecular flexibility index (Phi) is 11.5. The third-order valence-electron chi connectivity index (χ3n) is 9.24. The van der Waals surface area contributed by atoms with E-state index in [1.165, 1.54) is 4.90 Å². The van der Waals surface area contributed by atoms with Gasteiger partial charge in [0.1, 0.15) is 29.5 Å². The molecular weight excluding hydrogens is 718 g/mol. The smallest absolute Gasteiger partial charge is 0.408 e. The zero-order valence-corrected chi connectivity index (χ0v) is 32.1. The second-order valence-corrected chi connectivity index (χ2v) is 16.6. The molecule has 3 aliphatic rings. The first-order valence-corrected chi connectivity index (χ1v) is 19.4. The van der Waals surface area contributed by atoms with Gasteiger partial charge in [0.15, 0.2) is 0 Å². The van der Waals surface area contributed by atoms with Crippen LogP contribution in [0.2, 0.25) is 5.02 Å². The molecule has 2 saturated carbocycles. The number of carbonyl (C=O) groups is 4. The summed E-state index contributed by atoms with van der Waals surface area (Å²) in [6.07, 6.45) is -0.675. The molecule has 286 valence electrons. The monoisotopic (exact) mass is 765 g/mol. The van der Waals surface area contributed by atoms with Crippen LogP contribution >= 0.6 is 11.6 Å². The standard InChI is InChI=1S/C35H48ClN5O10S/c1-8-20-17-35(20,32(44)40-52(46,47)51-21-13-14-21)39-30(42)25-15-22(18-41(25)31(43)29(34(5,6)7)38-33(45)49-19(3)4)50-26-16-27(48-9-2)37-28-23(26)11-10-12-24(28)36/h10-12,16,19-22,25,29H,8-9,13-15,17-18H2,1-7H3,(H,38,45)(H,39,42)(H,40,44)/t20-,22-,25+,29-,35-/m1/s1. The number of rotatable bonds is 14. The summed E-state index contributed by atoms with van der Waals surface area (Å²) in [5.74, 6) is -1.88. The lowest BCUT2D eigenvalue weighted by atomic mass is 9.85. The van der Waals surface area contributed by atoms with E-state index in [1.54, 1.807) is 58.9 Å². The van der Waals surface area contributed by atoms with Crippen molar-refractivity contribution in [2.45, 2.75) is 117 Å². The molecule has 1 saturated heterocycles. The van der Waals surface area contributed by atoms with Gasteiger partial charge in [-0.2, -0.15) is 8.42 Å². The number of hydrogen-bond acceptors (Lipinski definition) is 11. The van der Waals surface area contributed by atoms with Crippen LogP contribution in [0.15, 0.2) is 24.3 Å². The fourth-order valence-electron chi connectivity index (χ4n) is 6.40. The van der Waals surface area contributed by atoms with Gasteiger partial charge in [-0.05, 0) is 63.5 Å². The minimum atomic E-state index is -4.40. The number of benzene rings is 1. The third kappa shape index (κ3) is 9.00. The van der Waals surface area contributed by atoms with E-state index in [9.17, 15) is 27.6 Å². The molecule has 17 heteroatoms. The Morgan fingerprint density at radius 3 is 2.42 bits per heavy atom. The average molecular weight is 766 g/mol. The van der Waals surface area contributed by atoms with Gasteiger partial charge in [0.05, 0.1) is 35.9 Å². The summed E-state index contributed by atoms with van der Waals surface area (Å²) < 4.78 is 49.5. The van der Waals surface area contributed by atoms with Crippen molar-refractivity contribution in [2.75, 3.05) is 13.2 Å². The Morgan fingerprint density at radius 1 is 1.12 bits per heavy atom. The maximum atomic E-state index is 14.5. The summed E-state index contributed by atoms with van der Waals surface area (Å²) in [6, 6.07) is 4.54. The van der Waals surface area contributed by atoms with Crippen molar-refractivity contribution in [2.24, 2.45) is 11.3 Å². The molecule has 4 amide bonds. The SMILES string of the molecule is CCOc1cc(O[C@@H]2C[C@@H](C(=O)N[C@]3(C(=O)NS(=O)(=O)OC4CC4)C[C@H]3CC)N(C(=O)[C@@H](NC(=O)OC(C)C)C(C)(C)C)C2)c2cccc(Cl)c2n1. The second-order valence-electron chi connectivity index (χ2n) is 14.9. The zero-order valence-electron chi connectivity index (χ0n) is 30.5. The molecule has 15 nitrogen and oxygen atoms in total. The average Bonchev–Trinajstić information content (AvgIpc) is 3.95. The minimum Gasteiger partial charge on any atom is -0.488 e. The van der Waals surface area contributed by atoms with E-state index in [0.717, 1.165) is 0 Å². The van der Waals surface area contributed by atoms with Gasteiger partial charge in [-0.3, -0.25) is 18.6 Å². The molecule has 0 unspecified atom stereocenters. The van der Waals surface area contributed by atoms with Crippen molar-refractivity contribution in [3.8, 4) is 11.6 Å². The number of alkyl carbamates (subject to hydrolysis) is 1. The highest BCUT2D eigenvalue weighted by Crippen LogP contribution is 2.47. The van der Waals surface area contributed by atoms with Crippen LogP contribution in [-0.4, -0.2) is 91.2 Å². The Morgan fingerprint density at radius 2 is 1.83 bits per heavy atom. The second kappa shape index (κ2) is 15.2. The van der Waals surface area contributed by atoms with E-state index in [4.69, 9.17) is 30.0 Å². The quantitative estimate of drug-likeness (QED) is 0.252. The van der Waals surface area contributed by atoms with Crippen molar-refractivity contribution < 1.29 is 46.0 Å². The van der Waals surface area contributed by atoms with Crippen molar-refractivity contribution in [1.82, 2.24) is 25.2 Å². The first-order chi connectivity index (χ1) is 24.4. The minimum absolute atomic E-state index is 0.00317. The summed E-state index contributed by atoms with van der Waals surface area (Å²) in [7, 11) is -4.40. The summed E-state index contributed by atoms with van der Waals surface area (Å²) in [5.41, 5.74) is -1.91.